The van der Waals surface area contributed by atoms with Crippen molar-refractivity contribution in [3.63, 3.8) is 0 Å². The van der Waals surface area contributed by atoms with Crippen LogP contribution in [0, 0.1) is 22.4 Å². The number of nitro groups is 1. The molecule has 0 unspecified atom stereocenters. The summed E-state index contributed by atoms with van der Waals surface area (Å²) in [5.41, 5.74) is 8.90. The van der Waals surface area contributed by atoms with Gasteiger partial charge < -0.3 is 16.4 Å². The predicted molar refractivity (Wildman–Crippen MR) is 130 cm³/mol. The fraction of sp³-hybridized carbons (Fsp3) is 0.130. The third-order valence-corrected chi connectivity index (χ3v) is 5.16. The lowest BCUT2D eigenvalue weighted by Gasteiger charge is -2.24. The van der Waals surface area contributed by atoms with Crippen LogP contribution >= 0.6 is 11.6 Å². The summed E-state index contributed by atoms with van der Waals surface area (Å²) in [6.45, 7) is 2.31. The number of nitro benzene ring substituents is 1. The number of hydrogen-bond donors (Lipinski definition) is 4. The van der Waals surface area contributed by atoms with E-state index >= 15 is 0 Å². The maximum Gasteiger partial charge on any atom is 0.322 e. The standard InChI is InChI=1S/C23H23ClN6O3/c1-15-5-10-19(28-22(25)26)11-17(15)13-27-23(31)29(14-16-6-8-18(24)9-7-16)20-3-2-4-21(12-20)30(32)33/h2-12H,13-14H2,1H3,(H,27,31)(H4,25,26,28). The summed E-state index contributed by atoms with van der Waals surface area (Å²) in [6, 6.07) is 18.0. The van der Waals surface area contributed by atoms with E-state index in [0.29, 0.717) is 16.4 Å². The molecule has 0 aliphatic carbocycles. The van der Waals surface area contributed by atoms with Crippen LogP contribution in [0.15, 0.2) is 66.7 Å². The largest absolute Gasteiger partial charge is 0.370 e. The number of nitrogens with two attached hydrogens (primary N) is 1. The molecule has 0 heterocycles. The minimum atomic E-state index is -0.501. The van der Waals surface area contributed by atoms with Crippen LogP contribution in [0.3, 0.4) is 0 Å². The molecule has 0 saturated carbocycles. The number of hydrogen-bond acceptors (Lipinski definition) is 4. The van der Waals surface area contributed by atoms with Gasteiger partial charge >= 0.3 is 6.03 Å². The summed E-state index contributed by atoms with van der Waals surface area (Å²) >= 11 is 5.97. The van der Waals surface area contributed by atoms with Gasteiger partial charge in [0.05, 0.1) is 17.2 Å². The van der Waals surface area contributed by atoms with Crippen molar-refractivity contribution in [2.75, 3.05) is 10.2 Å². The molecule has 0 atom stereocenters. The lowest BCUT2D eigenvalue weighted by molar-refractivity contribution is -0.384. The van der Waals surface area contributed by atoms with Crippen LogP contribution in [0.4, 0.5) is 21.9 Å². The summed E-state index contributed by atoms with van der Waals surface area (Å²) in [4.78, 5) is 25.4. The van der Waals surface area contributed by atoms with Crippen LogP contribution in [0.2, 0.25) is 5.02 Å². The van der Waals surface area contributed by atoms with Crippen molar-refractivity contribution in [3.8, 4) is 0 Å². The van der Waals surface area contributed by atoms with E-state index in [4.69, 9.17) is 22.7 Å². The average molecular weight is 467 g/mol. The Labute approximate surface area is 195 Å². The number of guanidine groups is 1. The van der Waals surface area contributed by atoms with E-state index in [-0.39, 0.29) is 24.7 Å². The summed E-state index contributed by atoms with van der Waals surface area (Å²) in [6.07, 6.45) is 0. The van der Waals surface area contributed by atoms with Crippen molar-refractivity contribution in [2.45, 2.75) is 20.0 Å². The zero-order valence-corrected chi connectivity index (χ0v) is 18.6. The van der Waals surface area contributed by atoms with E-state index in [2.05, 4.69) is 10.6 Å². The highest BCUT2D eigenvalue weighted by Gasteiger charge is 2.19. The molecule has 0 spiro atoms. The zero-order valence-electron chi connectivity index (χ0n) is 17.8. The Balaban J connectivity index is 1.85. The van der Waals surface area contributed by atoms with E-state index in [1.807, 2.05) is 13.0 Å². The first kappa shape index (κ1) is 23.6. The molecule has 9 nitrogen and oxygen atoms in total. The molecule has 0 fully saturated rings. The molecular weight excluding hydrogens is 444 g/mol. The van der Waals surface area contributed by atoms with Crippen LogP contribution in [-0.4, -0.2) is 16.9 Å². The van der Waals surface area contributed by atoms with Crippen LogP contribution in [0.5, 0.6) is 0 Å². The SMILES string of the molecule is Cc1ccc(NC(=N)N)cc1CNC(=O)N(Cc1ccc(Cl)cc1)c1cccc([N+](=O)[O-])c1. The Morgan fingerprint density at radius 1 is 1.15 bits per heavy atom. The second-order valence-electron chi connectivity index (χ2n) is 7.33. The van der Waals surface area contributed by atoms with E-state index in [9.17, 15) is 14.9 Å². The molecular formula is C23H23ClN6O3. The zero-order chi connectivity index (χ0) is 24.0. The fourth-order valence-corrected chi connectivity index (χ4v) is 3.31. The molecule has 170 valence electrons. The maximum atomic E-state index is 13.2. The normalized spacial score (nSPS) is 10.4. The van der Waals surface area contributed by atoms with E-state index in [1.165, 1.54) is 23.1 Å². The number of halogens is 1. The molecule has 33 heavy (non-hydrogen) atoms. The Bertz CT molecular complexity index is 1180. The van der Waals surface area contributed by atoms with Gasteiger partial charge in [-0.2, -0.15) is 0 Å². The van der Waals surface area contributed by atoms with Gasteiger partial charge in [0.25, 0.3) is 5.69 Å². The summed E-state index contributed by atoms with van der Waals surface area (Å²) in [5.74, 6) is -0.186. The maximum absolute atomic E-state index is 13.2. The molecule has 2 amide bonds. The molecule has 0 saturated heterocycles. The van der Waals surface area contributed by atoms with Gasteiger partial charge in [-0.3, -0.25) is 20.4 Å². The van der Waals surface area contributed by atoms with Gasteiger partial charge in [-0.25, -0.2) is 4.79 Å². The Hall–Kier alpha value is -4.11. The predicted octanol–water partition coefficient (Wildman–Crippen LogP) is 4.78. The molecule has 3 rings (SSSR count). The molecule has 3 aromatic carbocycles. The Morgan fingerprint density at radius 2 is 1.88 bits per heavy atom. The number of urea groups is 1. The van der Waals surface area contributed by atoms with Gasteiger partial charge in [-0.15, -0.1) is 0 Å². The van der Waals surface area contributed by atoms with Gasteiger partial charge in [0, 0.05) is 29.4 Å². The lowest BCUT2D eigenvalue weighted by Crippen LogP contribution is -2.39. The number of carbonyl (C=O) groups is 1. The Kier molecular flexibility index (Phi) is 7.47. The van der Waals surface area contributed by atoms with Crippen molar-refractivity contribution < 1.29 is 9.72 Å². The first-order valence-electron chi connectivity index (χ1n) is 9.98. The summed E-state index contributed by atoms with van der Waals surface area (Å²) in [7, 11) is 0. The van der Waals surface area contributed by atoms with E-state index in [1.54, 1.807) is 42.5 Å². The van der Waals surface area contributed by atoms with Crippen LogP contribution < -0.4 is 21.3 Å². The molecule has 0 aliphatic rings. The smallest absolute Gasteiger partial charge is 0.322 e. The number of benzene rings is 3. The molecule has 5 N–H and O–H groups in total. The number of amides is 2. The van der Waals surface area contributed by atoms with Crippen LogP contribution in [0.25, 0.3) is 0 Å². The average Bonchev–Trinajstić information content (AvgIpc) is 2.78. The van der Waals surface area contributed by atoms with E-state index in [0.717, 1.165) is 16.7 Å². The second kappa shape index (κ2) is 10.5. The summed E-state index contributed by atoms with van der Waals surface area (Å²) < 4.78 is 0. The highest BCUT2D eigenvalue weighted by molar-refractivity contribution is 6.30. The van der Waals surface area contributed by atoms with Crippen molar-refractivity contribution in [3.05, 3.63) is 98.6 Å². The van der Waals surface area contributed by atoms with Crippen LogP contribution in [0.1, 0.15) is 16.7 Å². The van der Waals surface area contributed by atoms with Gasteiger partial charge in [-0.05, 0) is 53.9 Å². The second-order valence-corrected chi connectivity index (χ2v) is 7.76. The van der Waals surface area contributed by atoms with Crippen LogP contribution in [-0.2, 0) is 13.1 Å². The van der Waals surface area contributed by atoms with Crippen molar-refractivity contribution in [1.29, 1.82) is 5.41 Å². The molecule has 0 aliphatic heterocycles. The fourth-order valence-electron chi connectivity index (χ4n) is 3.19. The number of nitrogens with one attached hydrogen (secondary N) is 3. The molecule has 10 heteroatoms. The third kappa shape index (κ3) is 6.44. The molecule has 0 aromatic heterocycles. The number of nitrogens with zero attached hydrogens (tertiary/aromatic N) is 2. The monoisotopic (exact) mass is 466 g/mol. The van der Waals surface area contributed by atoms with Crippen molar-refractivity contribution in [1.82, 2.24) is 5.32 Å². The first-order valence-corrected chi connectivity index (χ1v) is 10.4. The Morgan fingerprint density at radius 3 is 2.55 bits per heavy atom. The quantitative estimate of drug-likeness (QED) is 0.172. The van der Waals surface area contributed by atoms with Crippen molar-refractivity contribution in [2.24, 2.45) is 5.73 Å². The topological polar surface area (TPSA) is 137 Å². The number of non-ortho nitro benzene ring substituents is 1. The number of carbonyl (C=O) groups excluding carboxylic acids is 1. The number of rotatable bonds is 7. The van der Waals surface area contributed by atoms with Crippen molar-refractivity contribution >= 4 is 40.7 Å². The minimum absolute atomic E-state index is 0.111. The van der Waals surface area contributed by atoms with Gasteiger partial charge in [0.15, 0.2) is 5.96 Å². The van der Waals surface area contributed by atoms with Gasteiger partial charge in [0.1, 0.15) is 0 Å². The van der Waals surface area contributed by atoms with E-state index < -0.39 is 11.0 Å². The minimum Gasteiger partial charge on any atom is -0.370 e. The summed E-state index contributed by atoms with van der Waals surface area (Å²) in [5, 5.41) is 24.8. The molecule has 0 bridgehead atoms. The highest BCUT2D eigenvalue weighted by Crippen LogP contribution is 2.24. The third-order valence-electron chi connectivity index (χ3n) is 4.91. The first-order chi connectivity index (χ1) is 15.7. The molecule has 3 aromatic rings. The van der Waals surface area contributed by atoms with Gasteiger partial charge in [0.2, 0.25) is 0 Å². The highest BCUT2D eigenvalue weighted by atomic mass is 35.5. The van der Waals surface area contributed by atoms with Gasteiger partial charge in [-0.1, -0.05) is 35.9 Å². The lowest BCUT2D eigenvalue weighted by atomic mass is 10.1. The molecule has 0 radical (unpaired) electrons. The number of aryl methyl sites for hydroxylation is 1. The number of anilines is 2.